The van der Waals surface area contributed by atoms with Gasteiger partial charge >= 0.3 is 0 Å². The van der Waals surface area contributed by atoms with Crippen LogP contribution in [-0.4, -0.2) is 4.57 Å². The van der Waals surface area contributed by atoms with Crippen LogP contribution < -0.4 is 5.43 Å². The second kappa shape index (κ2) is 7.26. The van der Waals surface area contributed by atoms with Crippen molar-refractivity contribution in [2.45, 2.75) is 5.54 Å². The first-order valence-corrected chi connectivity index (χ1v) is 9.15. The van der Waals surface area contributed by atoms with Crippen LogP contribution in [0.3, 0.4) is 0 Å². The minimum absolute atomic E-state index is 0.0274. The van der Waals surface area contributed by atoms with E-state index >= 15 is 0 Å². The van der Waals surface area contributed by atoms with Gasteiger partial charge in [0.1, 0.15) is 5.54 Å². The number of nitrogens with zero attached hydrogens (tertiary/aromatic N) is 1. The van der Waals surface area contributed by atoms with Gasteiger partial charge in [0.05, 0.1) is 0 Å². The molecule has 0 aliphatic heterocycles. The summed E-state index contributed by atoms with van der Waals surface area (Å²) in [5, 5.41) is 0.670. The van der Waals surface area contributed by atoms with Crippen molar-refractivity contribution in [2.24, 2.45) is 0 Å². The highest BCUT2D eigenvalue weighted by molar-refractivity contribution is 6.31. The lowest BCUT2D eigenvalue weighted by Gasteiger charge is -2.39. The number of hydrogen-bond donors (Lipinski definition) is 0. The van der Waals surface area contributed by atoms with E-state index in [1.807, 2.05) is 73.1 Å². The van der Waals surface area contributed by atoms with E-state index in [2.05, 4.69) is 28.8 Å². The van der Waals surface area contributed by atoms with Crippen molar-refractivity contribution in [1.82, 2.24) is 4.57 Å². The van der Waals surface area contributed by atoms with Crippen LogP contribution in [0.2, 0.25) is 5.02 Å². The average molecular weight is 372 g/mol. The molecule has 2 nitrogen and oxygen atoms in total. The van der Waals surface area contributed by atoms with Gasteiger partial charge in [-0.15, -0.1) is 0 Å². The molecule has 0 aliphatic carbocycles. The summed E-state index contributed by atoms with van der Waals surface area (Å²) in [7, 11) is 0. The molecular formula is C24H18ClNO. The summed E-state index contributed by atoms with van der Waals surface area (Å²) in [6, 6.07) is 31.5. The second-order valence-electron chi connectivity index (χ2n) is 6.36. The number of rotatable bonds is 4. The van der Waals surface area contributed by atoms with Crippen LogP contribution in [0.4, 0.5) is 0 Å². The maximum atomic E-state index is 11.8. The molecule has 0 spiro atoms. The summed E-state index contributed by atoms with van der Waals surface area (Å²) >= 11 is 6.71. The summed E-state index contributed by atoms with van der Waals surface area (Å²) < 4.78 is 2.06. The summed E-state index contributed by atoms with van der Waals surface area (Å²) in [4.78, 5) is 11.8. The van der Waals surface area contributed by atoms with Crippen molar-refractivity contribution >= 4 is 11.6 Å². The number of pyridine rings is 1. The zero-order valence-corrected chi connectivity index (χ0v) is 15.4. The van der Waals surface area contributed by atoms with E-state index in [-0.39, 0.29) is 5.43 Å². The molecule has 132 valence electrons. The van der Waals surface area contributed by atoms with Crippen LogP contribution in [0, 0.1) is 0 Å². The summed E-state index contributed by atoms with van der Waals surface area (Å²) in [5.41, 5.74) is 2.35. The van der Waals surface area contributed by atoms with E-state index in [4.69, 9.17) is 11.6 Å². The van der Waals surface area contributed by atoms with Gasteiger partial charge in [0.15, 0.2) is 5.43 Å². The predicted octanol–water partition coefficient (Wildman–Crippen LogP) is 5.34. The SMILES string of the molecule is O=c1ccn(C(c2ccccc2)(c2ccccc2)c2ccccc2Cl)cc1. The molecule has 3 heteroatoms. The third-order valence-corrected chi connectivity index (χ3v) is 5.16. The molecule has 0 atom stereocenters. The van der Waals surface area contributed by atoms with Crippen LogP contribution in [0.5, 0.6) is 0 Å². The van der Waals surface area contributed by atoms with Crippen molar-refractivity contribution in [2.75, 3.05) is 0 Å². The summed E-state index contributed by atoms with van der Waals surface area (Å²) in [6.07, 6.45) is 3.65. The number of hydrogen-bond acceptors (Lipinski definition) is 1. The van der Waals surface area contributed by atoms with Gasteiger partial charge in [0.25, 0.3) is 0 Å². The first-order valence-electron chi connectivity index (χ1n) is 8.78. The number of halogens is 1. The van der Waals surface area contributed by atoms with Crippen LogP contribution in [-0.2, 0) is 5.54 Å². The Morgan fingerprint density at radius 3 is 1.63 bits per heavy atom. The van der Waals surface area contributed by atoms with Crippen LogP contribution in [0.1, 0.15) is 16.7 Å². The van der Waals surface area contributed by atoms with Gasteiger partial charge < -0.3 is 4.57 Å². The molecule has 0 unspecified atom stereocenters. The molecule has 0 amide bonds. The Labute approximate surface area is 163 Å². The lowest BCUT2D eigenvalue weighted by molar-refractivity contribution is 0.511. The van der Waals surface area contributed by atoms with Gasteiger partial charge in [-0.3, -0.25) is 4.79 Å². The monoisotopic (exact) mass is 371 g/mol. The molecule has 4 rings (SSSR count). The molecule has 1 heterocycles. The van der Waals surface area contributed by atoms with E-state index < -0.39 is 5.54 Å². The third kappa shape index (κ3) is 2.98. The predicted molar refractivity (Wildman–Crippen MR) is 110 cm³/mol. The van der Waals surface area contributed by atoms with E-state index in [1.54, 1.807) is 12.1 Å². The maximum Gasteiger partial charge on any atom is 0.181 e. The van der Waals surface area contributed by atoms with Crippen molar-refractivity contribution < 1.29 is 0 Å². The van der Waals surface area contributed by atoms with Crippen LogP contribution >= 0.6 is 11.6 Å². The van der Waals surface area contributed by atoms with Gasteiger partial charge in [0, 0.05) is 35.1 Å². The van der Waals surface area contributed by atoms with E-state index in [0.717, 1.165) is 16.7 Å². The largest absolute Gasteiger partial charge is 0.336 e. The van der Waals surface area contributed by atoms with Crippen molar-refractivity contribution in [3.63, 3.8) is 0 Å². The van der Waals surface area contributed by atoms with Crippen LogP contribution in [0.15, 0.2) is 114 Å². The Hall–Kier alpha value is -3.10. The molecule has 0 bridgehead atoms. The fraction of sp³-hybridized carbons (Fsp3) is 0.0417. The molecule has 27 heavy (non-hydrogen) atoms. The quantitative estimate of drug-likeness (QED) is 0.444. The molecule has 0 radical (unpaired) electrons. The first kappa shape index (κ1) is 17.3. The number of aromatic nitrogens is 1. The normalized spacial score (nSPS) is 11.3. The standard InChI is InChI=1S/C24H18ClNO/c25-23-14-8-7-13-22(23)24(19-9-3-1-4-10-19,20-11-5-2-6-12-20)26-17-15-21(27)16-18-26/h1-18H. The van der Waals surface area contributed by atoms with Crippen molar-refractivity contribution in [3.05, 3.63) is 141 Å². The minimum atomic E-state index is -0.700. The molecule has 0 saturated heterocycles. The van der Waals surface area contributed by atoms with Gasteiger partial charge in [-0.2, -0.15) is 0 Å². The summed E-state index contributed by atoms with van der Waals surface area (Å²) in [6.45, 7) is 0. The highest BCUT2D eigenvalue weighted by Crippen LogP contribution is 2.43. The molecular weight excluding hydrogens is 354 g/mol. The highest BCUT2D eigenvalue weighted by Gasteiger charge is 2.39. The Morgan fingerprint density at radius 1 is 0.630 bits per heavy atom. The highest BCUT2D eigenvalue weighted by atomic mass is 35.5. The fourth-order valence-electron chi connectivity index (χ4n) is 3.66. The lowest BCUT2D eigenvalue weighted by atomic mass is 9.76. The average Bonchev–Trinajstić information content (AvgIpc) is 2.73. The molecule has 4 aromatic rings. The van der Waals surface area contributed by atoms with E-state index in [0.29, 0.717) is 5.02 Å². The van der Waals surface area contributed by atoms with Crippen molar-refractivity contribution in [3.8, 4) is 0 Å². The van der Waals surface area contributed by atoms with Gasteiger partial charge in [-0.05, 0) is 17.2 Å². The zero-order chi connectivity index (χ0) is 18.7. The first-order chi connectivity index (χ1) is 13.2. The Balaban J connectivity index is 2.17. The molecule has 0 saturated carbocycles. The smallest absolute Gasteiger partial charge is 0.181 e. The Kier molecular flexibility index (Phi) is 4.66. The van der Waals surface area contributed by atoms with Gasteiger partial charge in [-0.1, -0.05) is 90.5 Å². The minimum Gasteiger partial charge on any atom is -0.336 e. The van der Waals surface area contributed by atoms with E-state index in [1.165, 1.54) is 0 Å². The van der Waals surface area contributed by atoms with Crippen molar-refractivity contribution in [1.29, 1.82) is 0 Å². The summed E-state index contributed by atoms with van der Waals surface area (Å²) in [5.74, 6) is 0. The maximum absolute atomic E-state index is 11.8. The lowest BCUT2D eigenvalue weighted by Crippen LogP contribution is -2.38. The van der Waals surface area contributed by atoms with Gasteiger partial charge in [0.2, 0.25) is 0 Å². The molecule has 0 aliphatic rings. The topological polar surface area (TPSA) is 22.0 Å². The third-order valence-electron chi connectivity index (χ3n) is 4.83. The molecule has 0 fully saturated rings. The molecule has 3 aromatic carbocycles. The molecule has 0 N–H and O–H groups in total. The molecule has 1 aromatic heterocycles. The second-order valence-corrected chi connectivity index (χ2v) is 6.77. The van der Waals surface area contributed by atoms with Gasteiger partial charge in [-0.25, -0.2) is 0 Å². The fourth-order valence-corrected chi connectivity index (χ4v) is 3.94. The Morgan fingerprint density at radius 2 is 1.11 bits per heavy atom. The van der Waals surface area contributed by atoms with E-state index in [9.17, 15) is 4.79 Å². The zero-order valence-electron chi connectivity index (χ0n) is 14.6. The Bertz CT molecular complexity index is 1040. The number of benzene rings is 3. The van der Waals surface area contributed by atoms with Crippen LogP contribution in [0.25, 0.3) is 0 Å².